The van der Waals surface area contributed by atoms with Crippen LogP contribution in [0.1, 0.15) is 41.9 Å². The first-order chi connectivity index (χ1) is 12.0. The first-order valence-corrected chi connectivity index (χ1v) is 8.41. The summed E-state index contributed by atoms with van der Waals surface area (Å²) in [6.07, 6.45) is 3.41. The lowest BCUT2D eigenvalue weighted by Crippen LogP contribution is -2.38. The zero-order chi connectivity index (χ0) is 18.0. The van der Waals surface area contributed by atoms with Crippen molar-refractivity contribution in [2.45, 2.75) is 38.6 Å². The number of hydrogen-bond acceptors (Lipinski definition) is 3. The zero-order valence-corrected chi connectivity index (χ0v) is 14.0. The zero-order valence-electron chi connectivity index (χ0n) is 14.0. The molecule has 25 heavy (non-hydrogen) atoms. The number of halogens is 2. The summed E-state index contributed by atoms with van der Waals surface area (Å²) >= 11 is 0. The Hall–Kier alpha value is -2.28. The second-order valence-corrected chi connectivity index (χ2v) is 6.55. The number of nitrogens with zero attached hydrogens (tertiary/aromatic N) is 2. The molecule has 1 amide bonds. The van der Waals surface area contributed by atoms with Crippen molar-refractivity contribution < 1.29 is 18.7 Å². The Morgan fingerprint density at radius 2 is 2.00 bits per heavy atom. The summed E-state index contributed by atoms with van der Waals surface area (Å²) in [6.45, 7) is 1.90. The van der Waals surface area contributed by atoms with Gasteiger partial charge in [-0.05, 0) is 56.7 Å². The van der Waals surface area contributed by atoms with Crippen LogP contribution in [0.2, 0.25) is 0 Å². The molecule has 1 fully saturated rings. The van der Waals surface area contributed by atoms with Gasteiger partial charge in [0.05, 0.1) is 0 Å². The van der Waals surface area contributed by atoms with Gasteiger partial charge in [-0.2, -0.15) is 5.10 Å². The lowest BCUT2D eigenvalue weighted by molar-refractivity contribution is 0.0908. The Kier molecular flexibility index (Phi) is 5.13. The molecule has 1 aliphatic rings. The quantitative estimate of drug-likeness (QED) is 0.892. The average Bonchev–Trinajstić information content (AvgIpc) is 2.97. The number of rotatable bonds is 4. The molecule has 0 unspecified atom stereocenters. The van der Waals surface area contributed by atoms with E-state index < -0.39 is 11.6 Å². The van der Waals surface area contributed by atoms with Crippen molar-refractivity contribution in [3.05, 3.63) is 47.3 Å². The minimum atomic E-state index is -0.736. The molecule has 1 heterocycles. The van der Waals surface area contributed by atoms with Gasteiger partial charge in [0, 0.05) is 24.4 Å². The highest BCUT2D eigenvalue weighted by Crippen LogP contribution is 2.24. The smallest absolute Gasteiger partial charge is 0.272 e. The van der Waals surface area contributed by atoms with E-state index in [2.05, 4.69) is 10.4 Å². The predicted octanol–water partition coefficient (Wildman–Crippen LogP) is 2.74. The Morgan fingerprint density at radius 1 is 1.28 bits per heavy atom. The number of aliphatic hydroxyl groups excluding tert-OH is 1. The highest BCUT2D eigenvalue weighted by atomic mass is 19.1. The molecular formula is C18H21F2N3O2. The maximum absolute atomic E-state index is 13.9. The molecule has 134 valence electrons. The topological polar surface area (TPSA) is 67.2 Å². The molecule has 3 rings (SSSR count). The van der Waals surface area contributed by atoms with Crippen molar-refractivity contribution in [2.24, 2.45) is 5.92 Å². The molecule has 0 radical (unpaired) electrons. The van der Waals surface area contributed by atoms with E-state index in [9.17, 15) is 13.6 Å². The summed E-state index contributed by atoms with van der Waals surface area (Å²) in [4.78, 5) is 12.4. The van der Waals surface area contributed by atoms with Gasteiger partial charge in [-0.3, -0.25) is 4.79 Å². The lowest BCUT2D eigenvalue weighted by Gasteiger charge is -2.27. The third kappa shape index (κ3) is 3.87. The first-order valence-electron chi connectivity index (χ1n) is 8.41. The van der Waals surface area contributed by atoms with E-state index in [0.717, 1.165) is 37.8 Å². The summed E-state index contributed by atoms with van der Waals surface area (Å²) < 4.78 is 28.3. The molecule has 2 N–H and O–H groups in total. The molecule has 0 spiro atoms. The van der Waals surface area contributed by atoms with Crippen LogP contribution in [0.5, 0.6) is 0 Å². The molecule has 0 saturated heterocycles. The summed E-state index contributed by atoms with van der Waals surface area (Å²) in [5.41, 5.74) is 0.881. The fourth-order valence-corrected chi connectivity index (χ4v) is 3.23. The van der Waals surface area contributed by atoms with Crippen LogP contribution in [-0.4, -0.2) is 33.4 Å². The van der Waals surface area contributed by atoms with Gasteiger partial charge < -0.3 is 10.4 Å². The van der Waals surface area contributed by atoms with E-state index >= 15 is 0 Å². The van der Waals surface area contributed by atoms with Gasteiger partial charge in [-0.15, -0.1) is 0 Å². The maximum atomic E-state index is 13.9. The van der Waals surface area contributed by atoms with Gasteiger partial charge in [0.15, 0.2) is 11.5 Å². The summed E-state index contributed by atoms with van der Waals surface area (Å²) in [7, 11) is 0. The number of carbonyl (C=O) groups is 1. The molecule has 7 heteroatoms. The molecule has 5 nitrogen and oxygen atoms in total. The number of carbonyl (C=O) groups excluding carboxylic acids is 1. The Labute approximate surface area is 144 Å². The number of benzene rings is 1. The average molecular weight is 349 g/mol. The largest absolute Gasteiger partial charge is 0.396 e. The van der Waals surface area contributed by atoms with E-state index in [0.29, 0.717) is 11.6 Å². The fourth-order valence-electron chi connectivity index (χ4n) is 3.23. The second kappa shape index (κ2) is 7.31. The highest BCUT2D eigenvalue weighted by Gasteiger charge is 2.23. The summed E-state index contributed by atoms with van der Waals surface area (Å²) in [5, 5.41) is 16.3. The third-order valence-electron chi connectivity index (χ3n) is 4.70. The van der Waals surface area contributed by atoms with E-state index in [1.807, 2.05) is 0 Å². The van der Waals surface area contributed by atoms with Gasteiger partial charge >= 0.3 is 0 Å². The van der Waals surface area contributed by atoms with E-state index in [-0.39, 0.29) is 29.9 Å². The van der Waals surface area contributed by atoms with E-state index in [1.165, 1.54) is 10.7 Å². The SMILES string of the molecule is Cc1cc(C(=O)NC2CCC(CO)CC2)nn1-c1ccc(F)cc1F. The predicted molar refractivity (Wildman–Crippen MR) is 88.5 cm³/mol. The van der Waals surface area contributed by atoms with Crippen LogP contribution in [0.25, 0.3) is 5.69 Å². The van der Waals surface area contributed by atoms with Crippen molar-refractivity contribution in [1.29, 1.82) is 0 Å². The molecule has 1 saturated carbocycles. The van der Waals surface area contributed by atoms with Gasteiger partial charge in [0.2, 0.25) is 0 Å². The van der Waals surface area contributed by atoms with Crippen LogP contribution in [0.4, 0.5) is 8.78 Å². The number of aliphatic hydroxyl groups is 1. The minimum Gasteiger partial charge on any atom is -0.396 e. The van der Waals surface area contributed by atoms with Gasteiger partial charge in [0.25, 0.3) is 5.91 Å². The normalized spacial score (nSPS) is 20.5. The van der Waals surface area contributed by atoms with Crippen LogP contribution < -0.4 is 5.32 Å². The van der Waals surface area contributed by atoms with E-state index in [4.69, 9.17) is 5.11 Å². The summed E-state index contributed by atoms with van der Waals surface area (Å²) in [6, 6.07) is 4.87. The highest BCUT2D eigenvalue weighted by molar-refractivity contribution is 5.92. The molecule has 0 bridgehead atoms. The number of aryl methyl sites for hydroxylation is 1. The Bertz CT molecular complexity index is 768. The van der Waals surface area contributed by atoms with Gasteiger partial charge in [-0.1, -0.05) is 0 Å². The minimum absolute atomic E-state index is 0.0586. The number of hydrogen-bond donors (Lipinski definition) is 2. The van der Waals surface area contributed by atoms with Crippen molar-refractivity contribution in [3.8, 4) is 5.69 Å². The fraction of sp³-hybridized carbons (Fsp3) is 0.444. The van der Waals surface area contributed by atoms with Crippen LogP contribution in [0.15, 0.2) is 24.3 Å². The molecule has 0 aliphatic heterocycles. The maximum Gasteiger partial charge on any atom is 0.272 e. The molecule has 1 aliphatic carbocycles. The van der Waals surface area contributed by atoms with Crippen LogP contribution in [0.3, 0.4) is 0 Å². The van der Waals surface area contributed by atoms with Crippen LogP contribution >= 0.6 is 0 Å². The Balaban J connectivity index is 1.72. The molecular weight excluding hydrogens is 328 g/mol. The first kappa shape index (κ1) is 17.5. The molecule has 2 aromatic rings. The lowest BCUT2D eigenvalue weighted by atomic mass is 9.86. The van der Waals surface area contributed by atoms with Crippen molar-refractivity contribution in [2.75, 3.05) is 6.61 Å². The number of nitrogens with one attached hydrogen (secondary N) is 1. The van der Waals surface area contributed by atoms with Crippen molar-refractivity contribution in [1.82, 2.24) is 15.1 Å². The van der Waals surface area contributed by atoms with Crippen LogP contribution in [-0.2, 0) is 0 Å². The molecule has 1 aromatic carbocycles. The number of aromatic nitrogens is 2. The molecule has 1 aromatic heterocycles. The van der Waals surface area contributed by atoms with Crippen LogP contribution in [0, 0.1) is 24.5 Å². The second-order valence-electron chi connectivity index (χ2n) is 6.55. The third-order valence-corrected chi connectivity index (χ3v) is 4.70. The Morgan fingerprint density at radius 3 is 2.64 bits per heavy atom. The summed E-state index contributed by atoms with van der Waals surface area (Å²) in [5.74, 6) is -1.39. The van der Waals surface area contributed by atoms with E-state index in [1.54, 1.807) is 13.0 Å². The van der Waals surface area contributed by atoms with Gasteiger partial charge in [0.1, 0.15) is 11.5 Å². The number of amides is 1. The standard InChI is InChI=1S/C18H21F2N3O2/c1-11-8-16(18(25)21-14-5-2-12(10-24)3-6-14)22-23(11)17-7-4-13(19)9-15(17)20/h4,7-9,12,14,24H,2-3,5-6,10H2,1H3,(H,21,25). The molecule has 0 atom stereocenters. The van der Waals surface area contributed by atoms with Crippen molar-refractivity contribution in [3.63, 3.8) is 0 Å². The monoisotopic (exact) mass is 349 g/mol. The van der Waals surface area contributed by atoms with Crippen molar-refractivity contribution >= 4 is 5.91 Å². The van der Waals surface area contributed by atoms with Gasteiger partial charge in [-0.25, -0.2) is 13.5 Å².